The molecule has 1 aliphatic carbocycles. The normalized spacial score (nSPS) is 18.1. The molecule has 0 fully saturated rings. The lowest BCUT2D eigenvalue weighted by Crippen LogP contribution is -2.25. The van der Waals surface area contributed by atoms with Crippen LogP contribution in [0.15, 0.2) is 48.5 Å². The van der Waals surface area contributed by atoms with E-state index < -0.39 is 15.2 Å². The molecule has 4 aromatic carbocycles. The molecule has 1 aliphatic heterocycles. The fraction of sp³-hybridized carbons (Fsp3) is 0.586. The van der Waals surface area contributed by atoms with Gasteiger partial charge in [-0.3, -0.25) is 9.13 Å². The highest BCUT2D eigenvalue weighted by Gasteiger charge is 2.36. The molecule has 0 saturated carbocycles. The van der Waals surface area contributed by atoms with Gasteiger partial charge in [0.1, 0.15) is 24.7 Å². The highest BCUT2D eigenvalue weighted by molar-refractivity contribution is 7.61. The Hall–Kier alpha value is -3.38. The molecule has 2 atom stereocenters. The van der Waals surface area contributed by atoms with E-state index in [0.717, 1.165) is 44.5 Å². The van der Waals surface area contributed by atoms with Crippen molar-refractivity contribution in [1.82, 2.24) is 0 Å². The van der Waals surface area contributed by atoms with Crippen LogP contribution in [0, 0.1) is 0 Å². The number of rotatable bonds is 6. The van der Waals surface area contributed by atoms with Gasteiger partial charge in [-0.1, -0.05) is 132 Å². The van der Waals surface area contributed by atoms with Crippen LogP contribution in [0.25, 0.3) is 0 Å². The van der Waals surface area contributed by atoms with Gasteiger partial charge in [0.05, 0.1) is 76.7 Å². The molecule has 10 bridgehead atoms. The van der Waals surface area contributed by atoms with E-state index in [1.165, 1.54) is 0 Å². The first-order valence-corrected chi connectivity index (χ1v) is 29.0. The van der Waals surface area contributed by atoms with E-state index in [2.05, 4.69) is 132 Å². The second kappa shape index (κ2) is 23.7. The SMILES string of the molecule is CCOP(=O)(O)c1c2cc(C(C)(C)C)cc1Cc1cc(C(C)(C)C)cc3c1OCCOCCOCCOCCOCCOc1c(cc(C(C)(C)C)cc1Cc1cc(C(C)(C)C)cc(c1P(=O)(O)OCC)C3)C2. The smallest absolute Gasteiger partial charge is 0.359 e. The zero-order valence-electron chi connectivity index (χ0n) is 45.8. The van der Waals surface area contributed by atoms with Crippen LogP contribution in [-0.4, -0.2) is 89.1 Å². The molecule has 2 N–H and O–H groups in total. The Morgan fingerprint density at radius 1 is 0.389 bits per heavy atom. The Balaban J connectivity index is 1.83. The van der Waals surface area contributed by atoms with Crippen molar-refractivity contribution in [3.8, 4) is 11.5 Å². The van der Waals surface area contributed by atoms with Gasteiger partial charge in [-0.15, -0.1) is 0 Å². The Morgan fingerprint density at radius 3 is 0.806 bits per heavy atom. The van der Waals surface area contributed by atoms with Gasteiger partial charge in [0, 0.05) is 25.7 Å². The standard InChI is InChI=1S/C58H84O12P2/c1-15-69-71(59,60)53-43-27-39-31-47(55(3,4)5)33-41-29-45-37-50(58(12,13)14)38-46(54(45)72(61,62)70-16-2)30-42-34-48(56(6,7)8)32-40(28-44(53)36-49(35-43)57(9,10)11)52(42)68-26-24-66-22-20-64-18-17-63-19-21-65-23-25-67-51(39)41/h31-38H,15-30H2,1-14H3,(H,59,60)(H,61,62). The summed E-state index contributed by atoms with van der Waals surface area (Å²) in [6, 6.07) is 16.8. The van der Waals surface area contributed by atoms with Gasteiger partial charge in [-0.05, 0) is 102 Å². The maximum atomic E-state index is 15.1. The zero-order chi connectivity index (χ0) is 52.9. The molecule has 398 valence electrons. The lowest BCUT2D eigenvalue weighted by atomic mass is 9.79. The summed E-state index contributed by atoms with van der Waals surface area (Å²) >= 11 is 0. The summed E-state index contributed by atoms with van der Waals surface area (Å²) in [7, 11) is -9.00. The summed E-state index contributed by atoms with van der Waals surface area (Å²) in [6.45, 7) is 32.5. The number of benzene rings is 4. The average molecular weight is 1040 g/mol. The molecule has 2 aliphatic rings. The third kappa shape index (κ3) is 14.7. The van der Waals surface area contributed by atoms with E-state index in [1.54, 1.807) is 13.8 Å². The highest BCUT2D eigenvalue weighted by Crippen LogP contribution is 2.49. The number of hydrogen-bond acceptors (Lipinski definition) is 10. The second-order valence-corrected chi connectivity index (χ2v) is 26.8. The Kier molecular flexibility index (Phi) is 19.0. The van der Waals surface area contributed by atoms with Gasteiger partial charge in [-0.25, -0.2) is 0 Å². The predicted molar refractivity (Wildman–Crippen MR) is 288 cm³/mol. The van der Waals surface area contributed by atoms with Crippen LogP contribution in [0.5, 0.6) is 11.5 Å². The minimum atomic E-state index is -4.50. The fourth-order valence-corrected chi connectivity index (χ4v) is 12.4. The van der Waals surface area contributed by atoms with Crippen LogP contribution in [-0.2, 0) is 84.5 Å². The molecule has 0 radical (unpaired) electrons. The quantitative estimate of drug-likeness (QED) is 0.156. The molecule has 0 saturated heterocycles. The summed E-state index contributed by atoms with van der Waals surface area (Å²) in [5, 5.41) is 0.508. The summed E-state index contributed by atoms with van der Waals surface area (Å²) < 4.78 is 79.5. The van der Waals surface area contributed by atoms with Crippen LogP contribution in [0.2, 0.25) is 0 Å². The minimum absolute atomic E-state index is 0.0207. The number of hydrogen-bond donors (Lipinski definition) is 2. The molecule has 2 unspecified atom stereocenters. The van der Waals surface area contributed by atoms with Crippen LogP contribution in [0.3, 0.4) is 0 Å². The monoisotopic (exact) mass is 1030 g/mol. The second-order valence-electron chi connectivity index (χ2n) is 23.3. The maximum Gasteiger partial charge on any atom is 0.359 e. The van der Waals surface area contributed by atoms with Crippen molar-refractivity contribution in [3.63, 3.8) is 0 Å². The van der Waals surface area contributed by atoms with Gasteiger partial charge in [0.25, 0.3) is 0 Å². The third-order valence-corrected chi connectivity index (χ3v) is 16.7. The first-order valence-electron chi connectivity index (χ1n) is 25.8. The molecule has 0 aromatic heterocycles. The highest BCUT2D eigenvalue weighted by atomic mass is 31.2. The van der Waals surface area contributed by atoms with E-state index in [9.17, 15) is 9.79 Å². The maximum absolute atomic E-state index is 15.1. The molecule has 72 heavy (non-hydrogen) atoms. The zero-order valence-corrected chi connectivity index (χ0v) is 47.6. The Bertz CT molecular complexity index is 2330. The molecule has 1 heterocycles. The largest absolute Gasteiger partial charge is 0.491 e. The Morgan fingerprint density at radius 2 is 0.597 bits per heavy atom. The topological polar surface area (TPSA) is 148 Å². The van der Waals surface area contributed by atoms with E-state index >= 15 is 9.13 Å². The molecule has 14 heteroatoms. The summed E-state index contributed by atoms with van der Waals surface area (Å²) in [4.78, 5) is 24.7. The van der Waals surface area contributed by atoms with Crippen molar-refractivity contribution >= 4 is 25.8 Å². The van der Waals surface area contributed by atoms with Gasteiger partial charge in [0.2, 0.25) is 0 Å². The molecule has 0 amide bonds. The van der Waals surface area contributed by atoms with Crippen LogP contribution < -0.4 is 20.1 Å². The fourth-order valence-electron chi connectivity index (χ4n) is 9.39. The third-order valence-electron chi connectivity index (χ3n) is 13.2. The van der Waals surface area contributed by atoms with Crippen molar-refractivity contribution in [3.05, 3.63) is 115 Å². The van der Waals surface area contributed by atoms with Gasteiger partial charge in [0.15, 0.2) is 0 Å². The van der Waals surface area contributed by atoms with E-state index in [0.29, 0.717) is 73.4 Å². The minimum Gasteiger partial charge on any atom is -0.491 e. The molecular weight excluding hydrogens is 951 g/mol. The summed E-state index contributed by atoms with van der Waals surface area (Å²) in [5.74, 6) is 1.15. The van der Waals surface area contributed by atoms with Crippen molar-refractivity contribution in [2.75, 3.05) is 79.3 Å². The van der Waals surface area contributed by atoms with Crippen molar-refractivity contribution in [1.29, 1.82) is 0 Å². The molecule has 0 spiro atoms. The van der Waals surface area contributed by atoms with Gasteiger partial charge >= 0.3 is 15.2 Å². The number of ether oxygens (including phenoxy) is 6. The van der Waals surface area contributed by atoms with Crippen LogP contribution >= 0.6 is 15.2 Å². The van der Waals surface area contributed by atoms with Crippen molar-refractivity contribution < 1.29 is 56.4 Å². The van der Waals surface area contributed by atoms with Crippen LogP contribution in [0.1, 0.15) is 164 Å². The van der Waals surface area contributed by atoms with Crippen molar-refractivity contribution in [2.45, 2.75) is 144 Å². The van der Waals surface area contributed by atoms with Crippen LogP contribution in [0.4, 0.5) is 0 Å². The summed E-state index contributed by atoms with van der Waals surface area (Å²) in [5.41, 5.74) is 8.29. The van der Waals surface area contributed by atoms with E-state index in [4.69, 9.17) is 37.5 Å². The first-order chi connectivity index (χ1) is 33.6. The lowest BCUT2D eigenvalue weighted by Gasteiger charge is -2.30. The molecule has 4 aromatic rings. The van der Waals surface area contributed by atoms with Crippen molar-refractivity contribution in [2.24, 2.45) is 0 Å². The Labute approximate surface area is 430 Å². The van der Waals surface area contributed by atoms with Gasteiger partial charge in [-0.2, -0.15) is 0 Å². The number of fused-ring (bicyclic) bond motifs is 2. The summed E-state index contributed by atoms with van der Waals surface area (Å²) in [6.07, 6.45) is 0.827. The average Bonchev–Trinajstić information content (AvgIpc) is 3.25. The van der Waals surface area contributed by atoms with E-state index in [1.807, 2.05) is 0 Å². The lowest BCUT2D eigenvalue weighted by molar-refractivity contribution is -0.00706. The predicted octanol–water partition coefficient (Wildman–Crippen LogP) is 11.1. The molecule has 12 nitrogen and oxygen atoms in total. The molecule has 6 rings (SSSR count). The molecular formula is C58H84O12P2. The van der Waals surface area contributed by atoms with Gasteiger partial charge < -0.3 is 47.3 Å². The van der Waals surface area contributed by atoms with E-state index in [-0.39, 0.29) is 97.6 Å². The first kappa shape index (κ1) is 57.9.